The van der Waals surface area contributed by atoms with Crippen LogP contribution in [0.15, 0.2) is 17.0 Å². The normalized spacial score (nSPS) is 11.7. The molecular weight excluding hydrogens is 224 g/mol. The second-order valence-electron chi connectivity index (χ2n) is 3.82. The molecule has 0 saturated carbocycles. The topological polar surface area (TPSA) is 72.2 Å². The largest absolute Gasteiger partial charge is 0.398 e. The van der Waals surface area contributed by atoms with Gasteiger partial charge in [-0.05, 0) is 37.5 Å². The van der Waals surface area contributed by atoms with Crippen molar-refractivity contribution in [3.05, 3.63) is 23.3 Å². The molecule has 0 radical (unpaired) electrons. The van der Waals surface area contributed by atoms with Crippen LogP contribution in [-0.4, -0.2) is 15.0 Å². The van der Waals surface area contributed by atoms with Gasteiger partial charge in [0.05, 0.1) is 4.90 Å². The van der Waals surface area contributed by atoms with Gasteiger partial charge in [0.25, 0.3) is 0 Å². The Morgan fingerprint density at radius 1 is 1.31 bits per heavy atom. The first-order chi connectivity index (χ1) is 7.40. The van der Waals surface area contributed by atoms with E-state index in [0.29, 0.717) is 22.7 Å². The van der Waals surface area contributed by atoms with Gasteiger partial charge in [0.2, 0.25) is 10.0 Å². The fraction of sp³-hybridized carbons (Fsp3) is 0.455. The minimum atomic E-state index is -3.44. The van der Waals surface area contributed by atoms with Gasteiger partial charge in [0.15, 0.2) is 0 Å². The number of sulfonamides is 1. The summed E-state index contributed by atoms with van der Waals surface area (Å²) in [4.78, 5) is 0.306. The van der Waals surface area contributed by atoms with E-state index in [1.807, 2.05) is 6.92 Å². The molecule has 16 heavy (non-hydrogen) atoms. The summed E-state index contributed by atoms with van der Waals surface area (Å²) >= 11 is 0. The number of nitrogen functional groups attached to an aromatic ring is 1. The Bertz CT molecular complexity index is 481. The summed E-state index contributed by atoms with van der Waals surface area (Å²) in [7, 11) is -3.44. The van der Waals surface area contributed by atoms with Crippen molar-refractivity contribution in [3.8, 4) is 0 Å². The predicted molar refractivity (Wildman–Crippen MR) is 65.8 cm³/mol. The third-order valence-corrected chi connectivity index (χ3v) is 4.21. The van der Waals surface area contributed by atoms with Gasteiger partial charge >= 0.3 is 0 Å². The van der Waals surface area contributed by atoms with Gasteiger partial charge in [0, 0.05) is 12.2 Å². The number of benzene rings is 1. The third kappa shape index (κ3) is 2.54. The van der Waals surface area contributed by atoms with E-state index in [4.69, 9.17) is 5.73 Å². The Balaban J connectivity index is 3.27. The molecule has 0 unspecified atom stereocenters. The van der Waals surface area contributed by atoms with Crippen LogP contribution in [0.5, 0.6) is 0 Å². The van der Waals surface area contributed by atoms with Crippen molar-refractivity contribution >= 4 is 15.7 Å². The SMILES string of the molecule is CCCNS(=O)(=O)c1c(C)ccc(N)c1C. The Kier molecular flexibility index (Phi) is 3.93. The number of anilines is 1. The molecule has 0 atom stereocenters. The van der Waals surface area contributed by atoms with E-state index >= 15 is 0 Å². The van der Waals surface area contributed by atoms with E-state index < -0.39 is 10.0 Å². The number of nitrogens with one attached hydrogen (secondary N) is 1. The van der Waals surface area contributed by atoms with Crippen LogP contribution >= 0.6 is 0 Å². The van der Waals surface area contributed by atoms with E-state index in [2.05, 4.69) is 4.72 Å². The molecule has 0 aromatic heterocycles. The molecule has 1 aromatic carbocycles. The lowest BCUT2D eigenvalue weighted by molar-refractivity contribution is 0.579. The summed E-state index contributed by atoms with van der Waals surface area (Å²) in [6, 6.07) is 3.45. The number of rotatable bonds is 4. The Hall–Kier alpha value is -1.07. The van der Waals surface area contributed by atoms with Crippen molar-refractivity contribution in [2.75, 3.05) is 12.3 Å². The van der Waals surface area contributed by atoms with Crippen LogP contribution < -0.4 is 10.5 Å². The molecule has 0 aliphatic rings. The molecule has 90 valence electrons. The summed E-state index contributed by atoms with van der Waals surface area (Å²) in [6.45, 7) is 5.85. The summed E-state index contributed by atoms with van der Waals surface area (Å²) in [5.74, 6) is 0. The van der Waals surface area contributed by atoms with Crippen molar-refractivity contribution in [1.29, 1.82) is 0 Å². The highest BCUT2D eigenvalue weighted by molar-refractivity contribution is 7.89. The molecule has 1 aromatic rings. The van der Waals surface area contributed by atoms with Gasteiger partial charge in [-0.15, -0.1) is 0 Å². The summed E-state index contributed by atoms with van der Waals surface area (Å²) in [6.07, 6.45) is 0.764. The predicted octanol–water partition coefficient (Wildman–Crippen LogP) is 1.57. The van der Waals surface area contributed by atoms with Crippen molar-refractivity contribution in [3.63, 3.8) is 0 Å². The van der Waals surface area contributed by atoms with Crippen molar-refractivity contribution in [1.82, 2.24) is 4.72 Å². The van der Waals surface area contributed by atoms with E-state index in [-0.39, 0.29) is 0 Å². The molecule has 0 aliphatic carbocycles. The molecule has 0 spiro atoms. The van der Waals surface area contributed by atoms with Gasteiger partial charge in [-0.25, -0.2) is 13.1 Å². The van der Waals surface area contributed by atoms with Gasteiger partial charge < -0.3 is 5.73 Å². The molecule has 0 heterocycles. The second kappa shape index (κ2) is 4.84. The maximum atomic E-state index is 12.0. The highest BCUT2D eigenvalue weighted by Gasteiger charge is 2.19. The van der Waals surface area contributed by atoms with Crippen LogP contribution in [0.2, 0.25) is 0 Å². The minimum absolute atomic E-state index is 0.306. The standard InChI is InChI=1S/C11H18N2O2S/c1-4-7-13-16(14,15)11-8(2)5-6-10(12)9(11)3/h5-6,13H,4,7,12H2,1-3H3. The molecule has 5 heteroatoms. The zero-order valence-electron chi connectivity index (χ0n) is 9.87. The fourth-order valence-corrected chi connectivity index (χ4v) is 3.19. The van der Waals surface area contributed by atoms with Crippen molar-refractivity contribution in [2.45, 2.75) is 32.1 Å². The number of hydrogen-bond acceptors (Lipinski definition) is 3. The van der Waals surface area contributed by atoms with Crippen molar-refractivity contribution < 1.29 is 8.42 Å². The van der Waals surface area contributed by atoms with E-state index in [1.54, 1.807) is 26.0 Å². The van der Waals surface area contributed by atoms with E-state index in [1.165, 1.54) is 0 Å². The fourth-order valence-electron chi connectivity index (χ4n) is 1.56. The molecule has 3 N–H and O–H groups in total. The summed E-state index contributed by atoms with van der Waals surface area (Å²) in [5, 5.41) is 0. The van der Waals surface area contributed by atoms with Crippen LogP contribution in [-0.2, 0) is 10.0 Å². The van der Waals surface area contributed by atoms with E-state index in [9.17, 15) is 8.42 Å². The van der Waals surface area contributed by atoms with Gasteiger partial charge in [-0.1, -0.05) is 13.0 Å². The lowest BCUT2D eigenvalue weighted by Gasteiger charge is -2.13. The first-order valence-corrected chi connectivity index (χ1v) is 6.73. The molecule has 0 bridgehead atoms. The molecule has 0 saturated heterocycles. The zero-order chi connectivity index (χ0) is 12.3. The first kappa shape index (κ1) is 13.0. The van der Waals surface area contributed by atoms with Crippen LogP contribution in [0.1, 0.15) is 24.5 Å². The molecule has 0 amide bonds. The lowest BCUT2D eigenvalue weighted by Crippen LogP contribution is -2.26. The molecular formula is C11H18N2O2S. The Morgan fingerprint density at radius 3 is 2.50 bits per heavy atom. The maximum Gasteiger partial charge on any atom is 0.241 e. The lowest BCUT2D eigenvalue weighted by atomic mass is 10.1. The Morgan fingerprint density at radius 2 is 1.94 bits per heavy atom. The van der Waals surface area contributed by atoms with Gasteiger partial charge in [0.1, 0.15) is 0 Å². The second-order valence-corrected chi connectivity index (χ2v) is 5.53. The van der Waals surface area contributed by atoms with Crippen LogP contribution in [0.3, 0.4) is 0 Å². The highest BCUT2D eigenvalue weighted by Crippen LogP contribution is 2.24. The van der Waals surface area contributed by atoms with E-state index in [0.717, 1.165) is 12.0 Å². The average molecular weight is 242 g/mol. The average Bonchev–Trinajstić information content (AvgIpc) is 2.21. The highest BCUT2D eigenvalue weighted by atomic mass is 32.2. The first-order valence-electron chi connectivity index (χ1n) is 5.25. The zero-order valence-corrected chi connectivity index (χ0v) is 10.7. The molecule has 0 fully saturated rings. The minimum Gasteiger partial charge on any atom is -0.398 e. The number of hydrogen-bond donors (Lipinski definition) is 2. The quantitative estimate of drug-likeness (QED) is 0.787. The maximum absolute atomic E-state index is 12.0. The van der Waals surface area contributed by atoms with Gasteiger partial charge in [-0.2, -0.15) is 0 Å². The molecule has 0 aliphatic heterocycles. The monoisotopic (exact) mass is 242 g/mol. The Labute approximate surface area is 96.9 Å². The third-order valence-electron chi connectivity index (χ3n) is 2.46. The van der Waals surface area contributed by atoms with Crippen LogP contribution in [0.4, 0.5) is 5.69 Å². The van der Waals surface area contributed by atoms with Crippen molar-refractivity contribution in [2.24, 2.45) is 0 Å². The number of aryl methyl sites for hydroxylation is 1. The summed E-state index contributed by atoms with van der Waals surface area (Å²) < 4.78 is 26.6. The van der Waals surface area contributed by atoms with Crippen LogP contribution in [0, 0.1) is 13.8 Å². The summed E-state index contributed by atoms with van der Waals surface area (Å²) in [5.41, 5.74) is 7.56. The van der Waals surface area contributed by atoms with Gasteiger partial charge in [-0.3, -0.25) is 0 Å². The van der Waals surface area contributed by atoms with Crippen LogP contribution in [0.25, 0.3) is 0 Å². The molecule has 1 rings (SSSR count). The number of nitrogens with two attached hydrogens (primary N) is 1. The smallest absolute Gasteiger partial charge is 0.241 e. The molecule has 4 nitrogen and oxygen atoms in total.